The topological polar surface area (TPSA) is 46.3 Å². The Bertz CT molecular complexity index is 614. The summed E-state index contributed by atoms with van der Waals surface area (Å²) in [5, 5.41) is -0.00545. The van der Waals surface area contributed by atoms with E-state index in [9.17, 15) is 18.0 Å². The fourth-order valence-corrected chi connectivity index (χ4v) is 1.93. The Balaban J connectivity index is 2.26. The van der Waals surface area contributed by atoms with Crippen molar-refractivity contribution in [1.82, 2.24) is 9.88 Å². The molecule has 2 aromatic heterocycles. The van der Waals surface area contributed by atoms with Crippen LogP contribution in [0.4, 0.5) is 13.2 Å². The highest BCUT2D eigenvalue weighted by Gasteiger charge is 2.34. The maximum absolute atomic E-state index is 12.6. The van der Waals surface area contributed by atoms with E-state index in [1.807, 2.05) is 0 Å². The summed E-state index contributed by atoms with van der Waals surface area (Å²) in [5.74, 6) is -0.589. The van der Waals surface area contributed by atoms with Gasteiger partial charge in [-0.2, -0.15) is 13.2 Å². The molecule has 2 rings (SSSR count). The number of aromatic nitrogens is 1. The van der Waals surface area contributed by atoms with Crippen LogP contribution in [0.2, 0.25) is 5.02 Å². The summed E-state index contributed by atoms with van der Waals surface area (Å²) in [6, 6.07) is 4.30. The van der Waals surface area contributed by atoms with E-state index in [4.69, 9.17) is 16.0 Å². The molecular formula is C13H10ClF3N2O2. The fraction of sp³-hybridized carbons (Fsp3) is 0.231. The quantitative estimate of drug-likeness (QED) is 0.866. The van der Waals surface area contributed by atoms with Gasteiger partial charge in [0.1, 0.15) is 12.3 Å². The van der Waals surface area contributed by atoms with Crippen LogP contribution < -0.4 is 0 Å². The number of halogens is 4. The van der Waals surface area contributed by atoms with Crippen molar-refractivity contribution in [2.75, 3.05) is 6.54 Å². The van der Waals surface area contributed by atoms with Crippen LogP contribution in [-0.4, -0.2) is 28.5 Å². The molecule has 2 aromatic rings. The normalized spacial score (nSPS) is 11.4. The highest BCUT2D eigenvalue weighted by Crippen LogP contribution is 2.22. The maximum atomic E-state index is 12.6. The number of furan rings is 1. The summed E-state index contributed by atoms with van der Waals surface area (Å²) >= 11 is 5.80. The standard InChI is InChI=1S/C13H10ClF3N2O2/c14-11-6-18-4-3-10(11)12(20)19(8-13(15,16)17)7-9-2-1-5-21-9/h1-6H,7-8H2. The van der Waals surface area contributed by atoms with Gasteiger partial charge in [0, 0.05) is 12.4 Å². The van der Waals surface area contributed by atoms with E-state index in [0.717, 1.165) is 0 Å². The zero-order valence-electron chi connectivity index (χ0n) is 10.6. The number of amides is 1. The van der Waals surface area contributed by atoms with Gasteiger partial charge in [-0.25, -0.2) is 0 Å². The lowest BCUT2D eigenvalue weighted by Crippen LogP contribution is -2.38. The number of carbonyl (C=O) groups excluding carboxylic acids is 1. The van der Waals surface area contributed by atoms with Crippen LogP contribution in [0.25, 0.3) is 0 Å². The lowest BCUT2D eigenvalue weighted by atomic mass is 10.2. The molecular weight excluding hydrogens is 309 g/mol. The van der Waals surface area contributed by atoms with Crippen LogP contribution in [0.1, 0.15) is 16.1 Å². The van der Waals surface area contributed by atoms with Gasteiger partial charge in [-0.15, -0.1) is 0 Å². The first-order valence-corrected chi connectivity index (χ1v) is 6.22. The first kappa shape index (κ1) is 15.4. The van der Waals surface area contributed by atoms with E-state index in [0.29, 0.717) is 4.90 Å². The molecule has 0 bridgehead atoms. The number of pyridine rings is 1. The summed E-state index contributed by atoms with van der Waals surface area (Å²) in [5.41, 5.74) is -0.0394. The molecule has 0 spiro atoms. The lowest BCUT2D eigenvalue weighted by Gasteiger charge is -2.23. The molecule has 21 heavy (non-hydrogen) atoms. The number of hydrogen-bond donors (Lipinski definition) is 0. The van der Waals surface area contributed by atoms with Crippen LogP contribution in [0, 0.1) is 0 Å². The van der Waals surface area contributed by atoms with Gasteiger partial charge in [-0.05, 0) is 18.2 Å². The van der Waals surface area contributed by atoms with Crippen LogP contribution in [0.15, 0.2) is 41.3 Å². The van der Waals surface area contributed by atoms with Crippen LogP contribution in [0.5, 0.6) is 0 Å². The van der Waals surface area contributed by atoms with Gasteiger partial charge in [0.2, 0.25) is 0 Å². The molecule has 0 aliphatic heterocycles. The predicted molar refractivity (Wildman–Crippen MR) is 68.8 cm³/mol. The van der Waals surface area contributed by atoms with Gasteiger partial charge in [0.15, 0.2) is 0 Å². The predicted octanol–water partition coefficient (Wildman–Crippen LogP) is 3.53. The highest BCUT2D eigenvalue weighted by molar-refractivity contribution is 6.33. The second-order valence-corrected chi connectivity index (χ2v) is 4.62. The molecule has 0 fully saturated rings. The molecule has 0 saturated carbocycles. The van der Waals surface area contributed by atoms with Gasteiger partial charge in [0.05, 0.1) is 23.4 Å². The Hall–Kier alpha value is -2.02. The molecule has 112 valence electrons. The Morgan fingerprint density at radius 2 is 2.14 bits per heavy atom. The zero-order chi connectivity index (χ0) is 15.5. The summed E-state index contributed by atoms with van der Waals surface area (Å²) in [6.07, 6.45) is -0.710. The van der Waals surface area contributed by atoms with Crippen molar-refractivity contribution in [3.8, 4) is 0 Å². The molecule has 8 heteroatoms. The summed E-state index contributed by atoms with van der Waals surface area (Å²) < 4.78 is 42.9. The molecule has 0 radical (unpaired) electrons. The second kappa shape index (κ2) is 6.17. The number of alkyl halides is 3. The molecule has 0 aromatic carbocycles. The largest absolute Gasteiger partial charge is 0.467 e. The number of hydrogen-bond acceptors (Lipinski definition) is 3. The Morgan fingerprint density at radius 3 is 2.71 bits per heavy atom. The fourth-order valence-electron chi connectivity index (χ4n) is 1.73. The van der Waals surface area contributed by atoms with E-state index < -0.39 is 18.6 Å². The Kier molecular flexibility index (Phi) is 4.52. The molecule has 1 amide bonds. The van der Waals surface area contributed by atoms with Crippen molar-refractivity contribution in [2.24, 2.45) is 0 Å². The third kappa shape index (κ3) is 4.22. The first-order chi connectivity index (χ1) is 9.87. The third-order valence-corrected chi connectivity index (χ3v) is 2.89. The number of nitrogens with zero attached hydrogens (tertiary/aromatic N) is 2. The van der Waals surface area contributed by atoms with Gasteiger partial charge in [0.25, 0.3) is 5.91 Å². The van der Waals surface area contributed by atoms with E-state index >= 15 is 0 Å². The lowest BCUT2D eigenvalue weighted by molar-refractivity contribution is -0.142. The first-order valence-electron chi connectivity index (χ1n) is 5.85. The highest BCUT2D eigenvalue weighted by atomic mass is 35.5. The smallest absolute Gasteiger partial charge is 0.406 e. The van der Waals surface area contributed by atoms with E-state index in [1.54, 1.807) is 0 Å². The average Bonchev–Trinajstić information content (AvgIpc) is 2.89. The maximum Gasteiger partial charge on any atom is 0.406 e. The Labute approximate surface area is 123 Å². The van der Waals surface area contributed by atoms with Gasteiger partial charge in [-0.3, -0.25) is 9.78 Å². The monoisotopic (exact) mass is 318 g/mol. The van der Waals surface area contributed by atoms with Gasteiger partial charge < -0.3 is 9.32 Å². The average molecular weight is 319 g/mol. The molecule has 0 aliphatic carbocycles. The molecule has 0 N–H and O–H groups in total. The molecule has 4 nitrogen and oxygen atoms in total. The van der Waals surface area contributed by atoms with Crippen LogP contribution >= 0.6 is 11.6 Å². The minimum atomic E-state index is -4.53. The van der Waals surface area contributed by atoms with E-state index in [1.165, 1.54) is 36.9 Å². The summed E-state index contributed by atoms with van der Waals surface area (Å²) in [4.78, 5) is 16.6. The molecule has 0 unspecified atom stereocenters. The zero-order valence-corrected chi connectivity index (χ0v) is 11.4. The number of carbonyl (C=O) groups is 1. The van der Waals surface area contributed by atoms with Crippen LogP contribution in [-0.2, 0) is 6.54 Å². The van der Waals surface area contributed by atoms with E-state index in [2.05, 4.69) is 4.98 Å². The minimum Gasteiger partial charge on any atom is -0.467 e. The summed E-state index contributed by atoms with van der Waals surface area (Å²) in [7, 11) is 0. The molecule has 0 aliphatic rings. The molecule has 2 heterocycles. The van der Waals surface area contributed by atoms with Gasteiger partial charge in [-0.1, -0.05) is 11.6 Å². The van der Waals surface area contributed by atoms with Gasteiger partial charge >= 0.3 is 6.18 Å². The van der Waals surface area contributed by atoms with Crippen molar-refractivity contribution in [3.63, 3.8) is 0 Å². The van der Waals surface area contributed by atoms with Crippen molar-refractivity contribution in [1.29, 1.82) is 0 Å². The summed E-state index contributed by atoms with van der Waals surface area (Å²) in [6.45, 7) is -1.70. The SMILES string of the molecule is O=C(c1ccncc1Cl)N(Cc1ccco1)CC(F)(F)F. The van der Waals surface area contributed by atoms with Crippen molar-refractivity contribution < 1.29 is 22.4 Å². The number of rotatable bonds is 4. The van der Waals surface area contributed by atoms with Crippen molar-refractivity contribution in [2.45, 2.75) is 12.7 Å². The van der Waals surface area contributed by atoms with E-state index in [-0.39, 0.29) is 22.9 Å². The second-order valence-electron chi connectivity index (χ2n) is 4.21. The van der Waals surface area contributed by atoms with Crippen LogP contribution in [0.3, 0.4) is 0 Å². The minimum absolute atomic E-state index is 0.00545. The van der Waals surface area contributed by atoms with Crippen molar-refractivity contribution in [3.05, 3.63) is 53.2 Å². The third-order valence-electron chi connectivity index (χ3n) is 2.59. The molecule has 0 saturated heterocycles. The van der Waals surface area contributed by atoms with Crippen molar-refractivity contribution >= 4 is 17.5 Å². The molecule has 0 atom stereocenters. The Morgan fingerprint density at radius 1 is 1.38 bits per heavy atom.